The van der Waals surface area contributed by atoms with Gasteiger partial charge in [-0.15, -0.1) is 0 Å². The lowest BCUT2D eigenvalue weighted by molar-refractivity contribution is 0.414. The van der Waals surface area contributed by atoms with Gasteiger partial charge >= 0.3 is 0 Å². The number of hydrogen-bond acceptors (Lipinski definition) is 7. The van der Waals surface area contributed by atoms with E-state index in [1.807, 2.05) is 48.5 Å². The van der Waals surface area contributed by atoms with Crippen LogP contribution in [-0.2, 0) is 11.0 Å². The second kappa shape index (κ2) is 16.2. The van der Waals surface area contributed by atoms with Gasteiger partial charge in [0.25, 0.3) is 0 Å². The van der Waals surface area contributed by atoms with Crippen LogP contribution in [-0.4, -0.2) is 49.4 Å². The molecule has 1 unspecified atom stereocenters. The normalized spacial score (nSPS) is 15.7. The summed E-state index contributed by atoms with van der Waals surface area (Å²) in [6, 6.07) is 60.1. The molecule has 0 N–H and O–H groups in total. The van der Waals surface area contributed by atoms with Crippen molar-refractivity contribution in [1.29, 1.82) is 0 Å². The quantitative estimate of drug-likeness (QED) is 0.152. The minimum Gasteiger partial charge on any atom is -0.497 e. The predicted molar refractivity (Wildman–Crippen MR) is 291 cm³/mol. The van der Waals surface area contributed by atoms with E-state index in [2.05, 4.69) is 153 Å². The Kier molecular flexibility index (Phi) is 9.71. The minimum absolute atomic E-state index is 0.0504. The lowest BCUT2D eigenvalue weighted by Crippen LogP contribution is -2.40. The van der Waals surface area contributed by atoms with Gasteiger partial charge in [0.05, 0.1) is 51.3 Å². The van der Waals surface area contributed by atoms with Crippen LogP contribution in [0.2, 0.25) is 0 Å². The molecule has 0 bridgehead atoms. The lowest BCUT2D eigenvalue weighted by atomic mass is 9.69. The van der Waals surface area contributed by atoms with E-state index in [1.165, 1.54) is 27.1 Å². The lowest BCUT2D eigenvalue weighted by Gasteiger charge is -2.40. The van der Waals surface area contributed by atoms with Crippen LogP contribution in [0.3, 0.4) is 0 Å². The molecule has 1 spiro atoms. The highest BCUT2D eigenvalue weighted by Crippen LogP contribution is 2.60. The Labute approximate surface area is 417 Å². The molecule has 0 fully saturated rings. The Morgan fingerprint density at radius 1 is 0.500 bits per heavy atom. The number of nitrogens with zero attached hydrogens (tertiary/aromatic N) is 4. The highest BCUT2D eigenvalue weighted by Gasteiger charge is 2.54. The maximum absolute atomic E-state index is 5.81. The van der Waals surface area contributed by atoms with Crippen LogP contribution in [0.4, 0.5) is 0 Å². The van der Waals surface area contributed by atoms with E-state index in [0.717, 1.165) is 112 Å². The molecule has 8 heteroatoms. The van der Waals surface area contributed by atoms with Gasteiger partial charge in [0.1, 0.15) is 34.4 Å². The molecule has 1 aromatic heterocycles. The molecule has 0 saturated carbocycles. The first-order valence-corrected chi connectivity index (χ1v) is 24.3. The largest absolute Gasteiger partial charge is 0.497 e. The number of ether oxygens (including phenoxy) is 4. The topological polar surface area (TPSA) is 79.5 Å². The van der Waals surface area contributed by atoms with E-state index >= 15 is 0 Å². The Balaban J connectivity index is 1.24. The predicted octanol–water partition coefficient (Wildman–Crippen LogP) is 13.5. The first kappa shape index (κ1) is 43.3. The maximum atomic E-state index is 5.81. The molecule has 8 nitrogen and oxygen atoms in total. The summed E-state index contributed by atoms with van der Waals surface area (Å²) < 4.78 is 25.3. The monoisotopic (exact) mass is 938 g/mol. The second-order valence-corrected chi connectivity index (χ2v) is 19.8. The minimum atomic E-state index is -1.08. The average molecular weight is 939 g/mol. The van der Waals surface area contributed by atoms with Crippen molar-refractivity contribution < 1.29 is 18.9 Å². The third-order valence-electron chi connectivity index (χ3n) is 14.9. The summed E-state index contributed by atoms with van der Waals surface area (Å²) in [5.74, 6) is 4.52. The van der Waals surface area contributed by atoms with Crippen LogP contribution in [0, 0.1) is 0 Å². The van der Waals surface area contributed by atoms with Gasteiger partial charge < -0.3 is 23.5 Å². The molecule has 10 aromatic rings. The summed E-state index contributed by atoms with van der Waals surface area (Å²) in [5, 5.41) is 8.18. The van der Waals surface area contributed by atoms with E-state index in [9.17, 15) is 0 Å². The molecule has 2 aliphatic heterocycles. The third kappa shape index (κ3) is 6.34. The molecule has 13 rings (SSSR count). The first-order chi connectivity index (χ1) is 35.1. The second-order valence-electron chi connectivity index (χ2n) is 19.8. The van der Waals surface area contributed by atoms with Gasteiger partial charge in [0.2, 0.25) is 0 Å². The number of methoxy groups -OCH3 is 4. The molecule has 72 heavy (non-hydrogen) atoms. The zero-order valence-electron chi connectivity index (χ0n) is 41.2. The van der Waals surface area contributed by atoms with E-state index in [-0.39, 0.29) is 5.41 Å². The number of allylic oxidation sites excluding steroid dienone is 1. The number of benzene rings is 9. The number of imidazole rings is 1. The van der Waals surface area contributed by atoms with Crippen LogP contribution in [0.1, 0.15) is 48.6 Å². The highest BCUT2D eigenvalue weighted by molar-refractivity contribution is 6.55. The van der Waals surface area contributed by atoms with E-state index in [0.29, 0.717) is 5.82 Å². The van der Waals surface area contributed by atoms with Crippen molar-refractivity contribution in [3.8, 4) is 56.9 Å². The van der Waals surface area contributed by atoms with Crippen LogP contribution in [0.25, 0.3) is 72.3 Å². The van der Waals surface area contributed by atoms with Crippen LogP contribution >= 0.6 is 0 Å². The maximum Gasteiger partial charge on any atom is 0.159 e. The fourth-order valence-corrected chi connectivity index (χ4v) is 11.4. The van der Waals surface area contributed by atoms with Crippen molar-refractivity contribution in [2.75, 3.05) is 28.4 Å². The molecule has 1 aliphatic carbocycles. The number of aromatic nitrogens is 2. The smallest absolute Gasteiger partial charge is 0.159 e. The van der Waals surface area contributed by atoms with Gasteiger partial charge in [-0.05, 0) is 157 Å². The molecular formula is C64H50N4O4. The number of fused-ring (bicyclic) bond motifs is 8. The summed E-state index contributed by atoms with van der Waals surface area (Å²) in [5.41, 5.74) is 11.5. The summed E-state index contributed by atoms with van der Waals surface area (Å²) in [6.45, 7) is 6.86. The van der Waals surface area contributed by atoms with E-state index in [1.54, 1.807) is 28.4 Å². The van der Waals surface area contributed by atoms with Gasteiger partial charge in [-0.1, -0.05) is 93.6 Å². The molecule has 0 saturated heterocycles. The van der Waals surface area contributed by atoms with E-state index in [4.69, 9.17) is 33.9 Å². The van der Waals surface area contributed by atoms with Crippen molar-refractivity contribution in [3.05, 3.63) is 214 Å². The van der Waals surface area contributed by atoms with Gasteiger partial charge in [0, 0.05) is 39.0 Å². The molecule has 3 aliphatic rings. The van der Waals surface area contributed by atoms with Crippen molar-refractivity contribution in [1.82, 2.24) is 9.55 Å². The fraction of sp³-hybridized carbons (Fsp3) is 0.141. The average Bonchev–Trinajstić information content (AvgIpc) is 4.13. The van der Waals surface area contributed by atoms with Crippen LogP contribution in [0.5, 0.6) is 23.0 Å². The highest BCUT2D eigenvalue weighted by atomic mass is 16.5. The Morgan fingerprint density at radius 2 is 1.01 bits per heavy atom. The van der Waals surface area contributed by atoms with Gasteiger partial charge in [-0.3, -0.25) is 0 Å². The Bertz CT molecular complexity index is 3940. The number of rotatable bonds is 8. The summed E-state index contributed by atoms with van der Waals surface area (Å²) in [6.07, 6.45) is 2.37. The molecule has 0 radical (unpaired) electrons. The zero-order chi connectivity index (χ0) is 49.0. The molecule has 9 aromatic carbocycles. The van der Waals surface area contributed by atoms with Gasteiger partial charge in [-0.25, -0.2) is 15.0 Å². The number of hydrogen-bond donors (Lipinski definition) is 0. The molecule has 350 valence electrons. The fourth-order valence-electron chi connectivity index (χ4n) is 11.4. The molecule has 0 amide bonds. The Hall–Kier alpha value is -8.75. The van der Waals surface area contributed by atoms with Crippen molar-refractivity contribution in [2.24, 2.45) is 9.98 Å². The van der Waals surface area contributed by atoms with Crippen LogP contribution in [0.15, 0.2) is 191 Å². The zero-order valence-corrected chi connectivity index (χ0v) is 41.2. The summed E-state index contributed by atoms with van der Waals surface area (Å²) >= 11 is 0. The molecular weight excluding hydrogens is 889 g/mol. The van der Waals surface area contributed by atoms with Gasteiger partial charge in [0.15, 0.2) is 5.82 Å². The standard InChI is InChI=1S/C64H50N4O4/c1-63(2,3)45-34-42-12-13-44-36-53(61-65-57(38-14-24-46(69-4)25-15-38)58(66-61)39-16-26-47(70-5)27-17-39)64(52-33-23-43(35-45)54(42)55(44)52)56-50-11-9-8-10-37(50)22-32-51(56)62-67-59(40-18-28-48(71-6)29-19-40)60(68(62)64)41-20-30-49(72-7)31-21-41/h8-36H,1-7H3. The van der Waals surface area contributed by atoms with E-state index < -0.39 is 5.54 Å². The Morgan fingerprint density at radius 3 is 1.57 bits per heavy atom. The summed E-state index contributed by atoms with van der Waals surface area (Å²) in [7, 11) is 6.77. The van der Waals surface area contributed by atoms with Gasteiger partial charge in [-0.2, -0.15) is 0 Å². The molecule has 3 heterocycles. The van der Waals surface area contributed by atoms with Crippen molar-refractivity contribution in [2.45, 2.75) is 31.7 Å². The van der Waals surface area contributed by atoms with Crippen molar-refractivity contribution in [3.63, 3.8) is 0 Å². The molecule has 1 atom stereocenters. The van der Waals surface area contributed by atoms with Crippen LogP contribution < -0.4 is 24.2 Å². The first-order valence-electron chi connectivity index (χ1n) is 24.3. The third-order valence-corrected chi connectivity index (χ3v) is 14.9. The SMILES string of the molecule is COc1ccc(C2=NC(=C3C=c4ccc5cc(C(C)(C)C)cc6ccc(c4c65)C34c3c(ccc5ccccc35)-c3nc(-c5ccc(OC)cc5)c(-c5ccc(OC)cc5)n34)N=C2c2ccc(OC)cc2)cc1. The number of aliphatic imine (C=N–C) groups is 2. The summed E-state index contributed by atoms with van der Waals surface area (Å²) in [4.78, 5) is 17.3. The van der Waals surface area contributed by atoms with Crippen molar-refractivity contribution >= 4 is 49.8 Å².